The van der Waals surface area contributed by atoms with Crippen molar-refractivity contribution in [3.63, 3.8) is 0 Å². The summed E-state index contributed by atoms with van der Waals surface area (Å²) < 4.78 is 0. The Bertz CT molecular complexity index is 243. The van der Waals surface area contributed by atoms with Gasteiger partial charge in [-0.15, -0.1) is 0 Å². The number of aliphatic hydroxyl groups is 1. The fourth-order valence-corrected chi connectivity index (χ4v) is 3.06. The maximum atomic E-state index is 11.8. The van der Waals surface area contributed by atoms with Gasteiger partial charge in [0.25, 0.3) is 0 Å². The predicted molar refractivity (Wildman–Crippen MR) is 67.6 cm³/mol. The molecule has 0 aromatic carbocycles. The molecule has 1 saturated heterocycles. The molecular weight excluding hydrogens is 214 g/mol. The summed E-state index contributed by atoms with van der Waals surface area (Å²) >= 11 is 0. The Balaban J connectivity index is 1.54. The summed E-state index contributed by atoms with van der Waals surface area (Å²) in [6, 6.07) is 0. The van der Waals surface area contributed by atoms with Crippen molar-refractivity contribution in [1.29, 1.82) is 0 Å². The van der Waals surface area contributed by atoms with Gasteiger partial charge in [-0.3, -0.25) is 4.79 Å². The minimum atomic E-state index is 0.228. The molecule has 0 aromatic heterocycles. The van der Waals surface area contributed by atoms with E-state index in [2.05, 4.69) is 0 Å². The summed E-state index contributed by atoms with van der Waals surface area (Å²) in [5.41, 5.74) is 0. The molecule has 1 heterocycles. The Kier molecular flexibility index (Phi) is 4.84. The van der Waals surface area contributed by atoms with E-state index < -0.39 is 0 Å². The molecule has 1 N–H and O–H groups in total. The fraction of sp³-hybridized carbons (Fsp3) is 0.929. The number of hydrogen-bond acceptors (Lipinski definition) is 2. The van der Waals surface area contributed by atoms with E-state index in [1.807, 2.05) is 4.90 Å². The van der Waals surface area contributed by atoms with Crippen LogP contribution in [0.25, 0.3) is 0 Å². The Morgan fingerprint density at radius 1 is 1.12 bits per heavy atom. The van der Waals surface area contributed by atoms with E-state index in [-0.39, 0.29) is 6.61 Å². The first kappa shape index (κ1) is 12.9. The molecule has 2 fully saturated rings. The zero-order chi connectivity index (χ0) is 12.1. The Morgan fingerprint density at radius 2 is 1.82 bits per heavy atom. The van der Waals surface area contributed by atoms with Gasteiger partial charge in [-0.1, -0.05) is 32.1 Å². The van der Waals surface area contributed by atoms with Crippen LogP contribution in [0.15, 0.2) is 0 Å². The third-order valence-electron chi connectivity index (χ3n) is 4.30. The van der Waals surface area contributed by atoms with E-state index >= 15 is 0 Å². The van der Waals surface area contributed by atoms with Crippen LogP contribution in [-0.2, 0) is 4.79 Å². The van der Waals surface area contributed by atoms with Crippen molar-refractivity contribution in [3.05, 3.63) is 0 Å². The second-order valence-electron chi connectivity index (χ2n) is 5.74. The van der Waals surface area contributed by atoms with Gasteiger partial charge in [0.05, 0.1) is 0 Å². The second kappa shape index (κ2) is 6.39. The third kappa shape index (κ3) is 3.70. The average Bonchev–Trinajstić information content (AvgIpc) is 2.29. The van der Waals surface area contributed by atoms with Crippen LogP contribution in [0.4, 0.5) is 0 Å². The highest BCUT2D eigenvalue weighted by atomic mass is 16.3. The number of hydrogen-bond donors (Lipinski definition) is 1. The number of likely N-dealkylation sites (tertiary alicyclic amines) is 1. The smallest absolute Gasteiger partial charge is 0.222 e. The summed E-state index contributed by atoms with van der Waals surface area (Å²) in [7, 11) is 0. The van der Waals surface area contributed by atoms with Crippen LogP contribution in [0.3, 0.4) is 0 Å². The van der Waals surface area contributed by atoms with E-state index in [9.17, 15) is 4.79 Å². The van der Waals surface area contributed by atoms with Gasteiger partial charge < -0.3 is 10.0 Å². The number of carbonyl (C=O) groups excluding carboxylic acids is 1. The lowest BCUT2D eigenvalue weighted by Gasteiger charge is -2.38. The van der Waals surface area contributed by atoms with Gasteiger partial charge in [0.15, 0.2) is 0 Å². The van der Waals surface area contributed by atoms with Gasteiger partial charge in [0.2, 0.25) is 5.91 Å². The van der Waals surface area contributed by atoms with Crippen LogP contribution >= 0.6 is 0 Å². The number of nitrogens with zero attached hydrogens (tertiary/aromatic N) is 1. The molecule has 3 heteroatoms. The highest BCUT2D eigenvalue weighted by molar-refractivity contribution is 5.76. The lowest BCUT2D eigenvalue weighted by molar-refractivity contribution is -0.138. The van der Waals surface area contributed by atoms with Crippen molar-refractivity contribution < 1.29 is 9.90 Å². The van der Waals surface area contributed by atoms with Crippen LogP contribution in [0.5, 0.6) is 0 Å². The van der Waals surface area contributed by atoms with Crippen LogP contribution in [-0.4, -0.2) is 35.6 Å². The largest absolute Gasteiger partial charge is 0.396 e. The molecule has 1 saturated carbocycles. The molecule has 0 atom stereocenters. The molecule has 0 spiro atoms. The van der Waals surface area contributed by atoms with Crippen molar-refractivity contribution in [2.75, 3.05) is 19.7 Å². The lowest BCUT2D eigenvalue weighted by atomic mass is 9.85. The Hall–Kier alpha value is -0.570. The van der Waals surface area contributed by atoms with E-state index in [1.165, 1.54) is 38.5 Å². The second-order valence-corrected chi connectivity index (χ2v) is 5.74. The van der Waals surface area contributed by atoms with Gasteiger partial charge in [0, 0.05) is 32.0 Å². The maximum absolute atomic E-state index is 11.8. The van der Waals surface area contributed by atoms with Crippen molar-refractivity contribution in [2.24, 2.45) is 11.8 Å². The first-order valence-corrected chi connectivity index (χ1v) is 7.18. The molecule has 1 aliphatic heterocycles. The number of amides is 1. The van der Waals surface area contributed by atoms with Gasteiger partial charge in [0.1, 0.15) is 0 Å². The Labute approximate surface area is 104 Å². The average molecular weight is 239 g/mol. The van der Waals surface area contributed by atoms with Gasteiger partial charge in [-0.25, -0.2) is 0 Å². The number of carbonyl (C=O) groups is 1. The van der Waals surface area contributed by atoms with Crippen LogP contribution in [0.2, 0.25) is 0 Å². The maximum Gasteiger partial charge on any atom is 0.222 e. The molecule has 1 aliphatic carbocycles. The lowest BCUT2D eigenvalue weighted by Crippen LogP contribution is -2.51. The normalized spacial score (nSPS) is 22.5. The van der Waals surface area contributed by atoms with E-state index in [1.54, 1.807) is 0 Å². The SMILES string of the molecule is O=C(CCCC1CCCCC1)N1CC(CO)C1. The van der Waals surface area contributed by atoms with E-state index in [0.717, 1.165) is 25.4 Å². The molecule has 0 bridgehead atoms. The minimum absolute atomic E-state index is 0.228. The summed E-state index contributed by atoms with van der Waals surface area (Å²) in [4.78, 5) is 13.7. The predicted octanol–water partition coefficient (Wildman–Crippen LogP) is 2.19. The highest BCUT2D eigenvalue weighted by Crippen LogP contribution is 2.28. The molecule has 98 valence electrons. The third-order valence-corrected chi connectivity index (χ3v) is 4.30. The fourth-order valence-electron chi connectivity index (χ4n) is 3.06. The number of aliphatic hydroxyl groups excluding tert-OH is 1. The van der Waals surface area contributed by atoms with Crippen molar-refractivity contribution in [1.82, 2.24) is 4.90 Å². The van der Waals surface area contributed by atoms with Crippen LogP contribution < -0.4 is 0 Å². The standard InChI is InChI=1S/C14H25NO2/c16-11-13-9-15(10-13)14(17)8-4-7-12-5-2-1-3-6-12/h12-13,16H,1-11H2. The minimum Gasteiger partial charge on any atom is -0.396 e. The van der Waals surface area contributed by atoms with Gasteiger partial charge in [-0.05, 0) is 18.8 Å². The van der Waals surface area contributed by atoms with E-state index in [0.29, 0.717) is 18.2 Å². The first-order chi connectivity index (χ1) is 8.29. The van der Waals surface area contributed by atoms with Crippen LogP contribution in [0.1, 0.15) is 51.4 Å². The van der Waals surface area contributed by atoms with Crippen molar-refractivity contribution in [3.8, 4) is 0 Å². The molecule has 1 amide bonds. The Morgan fingerprint density at radius 3 is 2.47 bits per heavy atom. The molecule has 0 radical (unpaired) electrons. The summed E-state index contributed by atoms with van der Waals surface area (Å²) in [6.07, 6.45) is 9.97. The molecule has 0 unspecified atom stereocenters. The summed E-state index contributed by atoms with van der Waals surface area (Å²) in [5, 5.41) is 8.89. The number of rotatable bonds is 5. The summed E-state index contributed by atoms with van der Waals surface area (Å²) in [5.74, 6) is 1.53. The van der Waals surface area contributed by atoms with Gasteiger partial charge >= 0.3 is 0 Å². The monoisotopic (exact) mass is 239 g/mol. The zero-order valence-corrected chi connectivity index (χ0v) is 10.7. The highest BCUT2D eigenvalue weighted by Gasteiger charge is 2.29. The molecular formula is C14H25NO2. The van der Waals surface area contributed by atoms with Crippen LogP contribution in [0, 0.1) is 11.8 Å². The topological polar surface area (TPSA) is 40.5 Å². The summed E-state index contributed by atoms with van der Waals surface area (Å²) in [6.45, 7) is 1.78. The van der Waals surface area contributed by atoms with Crippen molar-refractivity contribution >= 4 is 5.91 Å². The molecule has 3 nitrogen and oxygen atoms in total. The molecule has 2 rings (SSSR count). The molecule has 0 aromatic rings. The first-order valence-electron chi connectivity index (χ1n) is 7.18. The zero-order valence-electron chi connectivity index (χ0n) is 10.7. The quantitative estimate of drug-likeness (QED) is 0.799. The molecule has 17 heavy (non-hydrogen) atoms. The van der Waals surface area contributed by atoms with Gasteiger partial charge in [-0.2, -0.15) is 0 Å². The van der Waals surface area contributed by atoms with Crippen molar-refractivity contribution in [2.45, 2.75) is 51.4 Å². The molecule has 2 aliphatic rings. The van der Waals surface area contributed by atoms with E-state index in [4.69, 9.17) is 5.11 Å².